The summed E-state index contributed by atoms with van der Waals surface area (Å²) in [5.41, 5.74) is 2.08. The van der Waals surface area contributed by atoms with Crippen molar-refractivity contribution < 1.29 is 13.2 Å². The molecule has 7 heteroatoms. The molecule has 0 unspecified atom stereocenters. The number of rotatable bonds is 3. The summed E-state index contributed by atoms with van der Waals surface area (Å²) in [5, 5.41) is 7.89. The van der Waals surface area contributed by atoms with Crippen LogP contribution >= 0.6 is 0 Å². The zero-order valence-electron chi connectivity index (χ0n) is 11.5. The Kier molecular flexibility index (Phi) is 3.13. The highest BCUT2D eigenvalue weighted by Crippen LogP contribution is 2.32. The van der Waals surface area contributed by atoms with Gasteiger partial charge in [0.05, 0.1) is 22.9 Å². The number of fused-ring (bicyclic) bond motifs is 1. The molecule has 0 atom stereocenters. The van der Waals surface area contributed by atoms with E-state index in [1.807, 2.05) is 0 Å². The van der Waals surface area contributed by atoms with Crippen LogP contribution in [0.25, 0.3) is 22.2 Å². The van der Waals surface area contributed by atoms with Gasteiger partial charge in [-0.05, 0) is 18.2 Å². The van der Waals surface area contributed by atoms with Gasteiger partial charge in [0, 0.05) is 18.0 Å². The number of hydrogen-bond donors (Lipinski definition) is 1. The largest absolute Gasteiger partial charge is 0.480 e. The first kappa shape index (κ1) is 13.6. The fraction of sp³-hybridized carbons (Fsp3) is 0.143. The summed E-state index contributed by atoms with van der Waals surface area (Å²) in [6.45, 7) is 0. The van der Waals surface area contributed by atoms with E-state index in [9.17, 15) is 8.42 Å². The molecular weight excluding hydrogens is 290 g/mol. The Balaban J connectivity index is 2.26. The summed E-state index contributed by atoms with van der Waals surface area (Å²) in [4.78, 5) is 4.40. The third kappa shape index (κ3) is 2.36. The van der Waals surface area contributed by atoms with Crippen LogP contribution in [0.15, 0.2) is 41.4 Å². The second-order valence-corrected chi connectivity index (χ2v) is 6.63. The van der Waals surface area contributed by atoms with Crippen molar-refractivity contribution in [1.29, 1.82) is 0 Å². The standard InChI is InChI=1S/C14H13N3O3S/c1-20-14-12-11(6-7-15-14)16-17-13(12)9-4-3-5-10(8-9)21(2,18)19/h3-8H,1-2H3,(H,16,17). The van der Waals surface area contributed by atoms with E-state index < -0.39 is 9.84 Å². The van der Waals surface area contributed by atoms with Crippen LogP contribution in [-0.4, -0.2) is 37.0 Å². The first-order chi connectivity index (χ1) is 10.0. The predicted octanol–water partition coefficient (Wildman–Crippen LogP) is 2.04. The van der Waals surface area contributed by atoms with Crippen molar-refractivity contribution in [3.05, 3.63) is 36.5 Å². The maximum Gasteiger partial charge on any atom is 0.224 e. The third-order valence-electron chi connectivity index (χ3n) is 3.17. The molecular formula is C14H13N3O3S. The van der Waals surface area contributed by atoms with E-state index in [2.05, 4.69) is 15.2 Å². The molecule has 2 aromatic heterocycles. The number of pyridine rings is 1. The summed E-state index contributed by atoms with van der Waals surface area (Å²) in [6, 6.07) is 8.43. The van der Waals surface area contributed by atoms with Gasteiger partial charge in [0.2, 0.25) is 5.88 Å². The first-order valence-electron chi connectivity index (χ1n) is 6.18. The van der Waals surface area contributed by atoms with Crippen molar-refractivity contribution in [2.75, 3.05) is 13.4 Å². The number of ether oxygens (including phenoxy) is 1. The highest BCUT2D eigenvalue weighted by Gasteiger charge is 2.15. The van der Waals surface area contributed by atoms with Gasteiger partial charge in [0.25, 0.3) is 0 Å². The molecule has 0 aliphatic heterocycles. The Morgan fingerprint density at radius 1 is 1.24 bits per heavy atom. The molecule has 108 valence electrons. The van der Waals surface area contributed by atoms with Gasteiger partial charge in [-0.1, -0.05) is 12.1 Å². The van der Waals surface area contributed by atoms with Crippen LogP contribution in [0.1, 0.15) is 0 Å². The van der Waals surface area contributed by atoms with Crippen LogP contribution in [0.5, 0.6) is 5.88 Å². The summed E-state index contributed by atoms with van der Waals surface area (Å²) in [7, 11) is -1.74. The van der Waals surface area contributed by atoms with Gasteiger partial charge in [0.1, 0.15) is 5.69 Å². The zero-order valence-corrected chi connectivity index (χ0v) is 12.3. The smallest absolute Gasteiger partial charge is 0.224 e. The molecule has 0 fully saturated rings. The average Bonchev–Trinajstić information content (AvgIpc) is 2.90. The van der Waals surface area contributed by atoms with Gasteiger partial charge >= 0.3 is 0 Å². The molecule has 0 radical (unpaired) electrons. The molecule has 0 amide bonds. The minimum atomic E-state index is -3.27. The van der Waals surface area contributed by atoms with Crippen LogP contribution in [0.3, 0.4) is 0 Å². The summed E-state index contributed by atoms with van der Waals surface area (Å²) in [5.74, 6) is 0.445. The molecule has 0 aliphatic carbocycles. The normalized spacial score (nSPS) is 11.7. The number of aromatic nitrogens is 3. The minimum absolute atomic E-state index is 0.249. The van der Waals surface area contributed by atoms with Gasteiger partial charge in [-0.2, -0.15) is 5.10 Å². The maximum absolute atomic E-state index is 11.7. The molecule has 1 N–H and O–H groups in total. The van der Waals surface area contributed by atoms with Crippen LogP contribution < -0.4 is 4.74 Å². The molecule has 0 spiro atoms. The van der Waals surface area contributed by atoms with Crippen molar-refractivity contribution in [2.24, 2.45) is 0 Å². The van der Waals surface area contributed by atoms with Gasteiger partial charge in [-0.15, -0.1) is 0 Å². The second-order valence-electron chi connectivity index (χ2n) is 4.61. The molecule has 3 aromatic rings. The molecule has 0 aliphatic rings. The second kappa shape index (κ2) is 4.85. The van der Waals surface area contributed by atoms with E-state index in [-0.39, 0.29) is 4.90 Å². The predicted molar refractivity (Wildman–Crippen MR) is 79.0 cm³/mol. The molecule has 0 bridgehead atoms. The Morgan fingerprint density at radius 2 is 2.05 bits per heavy atom. The van der Waals surface area contributed by atoms with Crippen LogP contribution in [0.2, 0.25) is 0 Å². The van der Waals surface area contributed by atoms with E-state index >= 15 is 0 Å². The van der Waals surface area contributed by atoms with E-state index in [0.717, 1.165) is 10.9 Å². The Bertz CT molecular complexity index is 916. The van der Waals surface area contributed by atoms with Gasteiger partial charge in [-0.3, -0.25) is 5.10 Å². The fourth-order valence-corrected chi connectivity index (χ4v) is 2.84. The molecule has 0 saturated heterocycles. The van der Waals surface area contributed by atoms with Crippen LogP contribution in [-0.2, 0) is 9.84 Å². The number of H-pyrrole nitrogens is 1. The monoisotopic (exact) mass is 303 g/mol. The third-order valence-corrected chi connectivity index (χ3v) is 4.28. The molecule has 3 rings (SSSR count). The summed E-state index contributed by atoms with van der Waals surface area (Å²) in [6.07, 6.45) is 2.80. The number of nitrogens with one attached hydrogen (secondary N) is 1. The lowest BCUT2D eigenvalue weighted by molar-refractivity contribution is 0.403. The van der Waals surface area contributed by atoms with Crippen molar-refractivity contribution in [1.82, 2.24) is 15.2 Å². The fourth-order valence-electron chi connectivity index (χ4n) is 2.17. The molecule has 6 nitrogen and oxygen atoms in total. The van der Waals surface area contributed by atoms with Gasteiger partial charge in [-0.25, -0.2) is 13.4 Å². The maximum atomic E-state index is 11.7. The van der Waals surface area contributed by atoms with E-state index in [0.29, 0.717) is 17.1 Å². The zero-order chi connectivity index (χ0) is 15.0. The van der Waals surface area contributed by atoms with Crippen molar-refractivity contribution in [3.8, 4) is 17.1 Å². The molecule has 2 heterocycles. The average molecular weight is 303 g/mol. The SMILES string of the molecule is COc1nccc2[nH]nc(-c3cccc(S(C)(=O)=O)c3)c12. The number of benzene rings is 1. The summed E-state index contributed by atoms with van der Waals surface area (Å²) < 4.78 is 28.6. The number of hydrogen-bond acceptors (Lipinski definition) is 5. The lowest BCUT2D eigenvalue weighted by Crippen LogP contribution is -1.97. The summed E-state index contributed by atoms with van der Waals surface area (Å²) >= 11 is 0. The topological polar surface area (TPSA) is 84.9 Å². The lowest BCUT2D eigenvalue weighted by atomic mass is 10.1. The molecule has 1 aromatic carbocycles. The number of methoxy groups -OCH3 is 1. The van der Waals surface area contributed by atoms with Crippen molar-refractivity contribution in [3.63, 3.8) is 0 Å². The van der Waals surface area contributed by atoms with E-state index in [4.69, 9.17) is 4.74 Å². The number of nitrogens with zero attached hydrogens (tertiary/aromatic N) is 2. The van der Waals surface area contributed by atoms with Crippen molar-refractivity contribution >= 4 is 20.7 Å². The Labute approximate surface area is 121 Å². The van der Waals surface area contributed by atoms with Crippen LogP contribution in [0, 0.1) is 0 Å². The quantitative estimate of drug-likeness (QED) is 0.800. The molecule has 21 heavy (non-hydrogen) atoms. The van der Waals surface area contributed by atoms with Crippen LogP contribution in [0.4, 0.5) is 0 Å². The Hall–Kier alpha value is -2.41. The van der Waals surface area contributed by atoms with E-state index in [1.165, 1.54) is 13.4 Å². The number of aromatic amines is 1. The van der Waals surface area contributed by atoms with Crippen molar-refractivity contribution in [2.45, 2.75) is 4.90 Å². The highest BCUT2D eigenvalue weighted by molar-refractivity contribution is 7.90. The Morgan fingerprint density at radius 3 is 2.76 bits per heavy atom. The minimum Gasteiger partial charge on any atom is -0.480 e. The first-order valence-corrected chi connectivity index (χ1v) is 8.07. The highest BCUT2D eigenvalue weighted by atomic mass is 32.2. The molecule has 0 saturated carbocycles. The van der Waals surface area contributed by atoms with Gasteiger partial charge in [0.15, 0.2) is 9.84 Å². The lowest BCUT2D eigenvalue weighted by Gasteiger charge is -2.04. The number of sulfone groups is 1. The van der Waals surface area contributed by atoms with Gasteiger partial charge < -0.3 is 4.74 Å². The van der Waals surface area contributed by atoms with E-state index in [1.54, 1.807) is 36.5 Å².